The normalized spacial score (nSPS) is 13.7. The lowest BCUT2D eigenvalue weighted by molar-refractivity contribution is 0.116. The summed E-state index contributed by atoms with van der Waals surface area (Å²) in [5, 5.41) is 19.1. The van der Waals surface area contributed by atoms with E-state index in [9.17, 15) is 5.11 Å². The SMILES string of the molecule is COc1ccc2ccc3c(c2c1)C(O)(c1ccc2ccccc2c1)c1c(ccc2ccc(OC)cc12)O3. The third kappa shape index (κ3) is 3.13. The van der Waals surface area contributed by atoms with Crippen molar-refractivity contribution in [2.24, 2.45) is 0 Å². The predicted molar refractivity (Wildman–Crippen MR) is 147 cm³/mol. The van der Waals surface area contributed by atoms with Gasteiger partial charge in [-0.3, -0.25) is 0 Å². The van der Waals surface area contributed by atoms with Gasteiger partial charge in [0.15, 0.2) is 0 Å². The first kappa shape index (κ1) is 21.7. The number of methoxy groups -OCH3 is 2. The van der Waals surface area contributed by atoms with Gasteiger partial charge < -0.3 is 19.3 Å². The molecule has 37 heavy (non-hydrogen) atoms. The monoisotopic (exact) mass is 484 g/mol. The predicted octanol–water partition coefficient (Wildman–Crippen LogP) is 7.55. The first-order valence-corrected chi connectivity index (χ1v) is 12.2. The van der Waals surface area contributed by atoms with E-state index in [0.717, 1.165) is 37.9 Å². The minimum Gasteiger partial charge on any atom is -0.497 e. The van der Waals surface area contributed by atoms with Crippen molar-refractivity contribution in [3.05, 3.63) is 120 Å². The molecule has 1 N–H and O–H groups in total. The van der Waals surface area contributed by atoms with Crippen LogP contribution in [-0.4, -0.2) is 19.3 Å². The van der Waals surface area contributed by atoms with Gasteiger partial charge >= 0.3 is 0 Å². The van der Waals surface area contributed by atoms with E-state index in [1.54, 1.807) is 14.2 Å². The molecular formula is C33H24O4. The van der Waals surface area contributed by atoms with Crippen LogP contribution in [0.5, 0.6) is 23.0 Å². The Kier molecular flexibility index (Phi) is 4.69. The van der Waals surface area contributed by atoms with Crippen LogP contribution < -0.4 is 14.2 Å². The van der Waals surface area contributed by atoms with Gasteiger partial charge in [0.25, 0.3) is 0 Å². The molecule has 180 valence electrons. The molecule has 0 aromatic heterocycles. The van der Waals surface area contributed by atoms with E-state index in [4.69, 9.17) is 14.2 Å². The molecule has 4 nitrogen and oxygen atoms in total. The number of ether oxygens (including phenoxy) is 3. The topological polar surface area (TPSA) is 47.9 Å². The summed E-state index contributed by atoms with van der Waals surface area (Å²) in [5.41, 5.74) is 0.650. The maximum Gasteiger partial charge on any atom is 0.148 e. The van der Waals surface area contributed by atoms with E-state index >= 15 is 0 Å². The zero-order valence-electron chi connectivity index (χ0n) is 20.5. The molecule has 0 bridgehead atoms. The van der Waals surface area contributed by atoms with Gasteiger partial charge in [-0.2, -0.15) is 0 Å². The fourth-order valence-electron chi connectivity index (χ4n) is 5.67. The van der Waals surface area contributed by atoms with E-state index in [0.29, 0.717) is 34.1 Å². The van der Waals surface area contributed by atoms with Crippen molar-refractivity contribution in [1.82, 2.24) is 0 Å². The average Bonchev–Trinajstić information content (AvgIpc) is 2.95. The molecule has 6 aromatic rings. The van der Waals surface area contributed by atoms with Crippen molar-refractivity contribution in [3.8, 4) is 23.0 Å². The van der Waals surface area contributed by atoms with Crippen LogP contribution in [0.1, 0.15) is 16.7 Å². The van der Waals surface area contributed by atoms with Crippen LogP contribution in [0.15, 0.2) is 103 Å². The number of hydrogen-bond donors (Lipinski definition) is 1. The van der Waals surface area contributed by atoms with E-state index < -0.39 is 5.60 Å². The van der Waals surface area contributed by atoms with Crippen LogP contribution in [0.3, 0.4) is 0 Å². The molecular weight excluding hydrogens is 460 g/mol. The van der Waals surface area contributed by atoms with Crippen molar-refractivity contribution in [2.75, 3.05) is 14.2 Å². The number of benzene rings is 6. The number of aliphatic hydroxyl groups is 1. The lowest BCUT2D eigenvalue weighted by Crippen LogP contribution is -2.33. The second-order valence-electron chi connectivity index (χ2n) is 9.43. The Bertz CT molecular complexity index is 1760. The highest BCUT2D eigenvalue weighted by molar-refractivity contribution is 5.97. The molecule has 0 unspecified atom stereocenters. The molecule has 0 saturated carbocycles. The van der Waals surface area contributed by atoms with Crippen molar-refractivity contribution < 1.29 is 19.3 Å². The molecule has 0 amide bonds. The molecule has 1 aliphatic rings. The van der Waals surface area contributed by atoms with Gasteiger partial charge in [-0.25, -0.2) is 0 Å². The van der Waals surface area contributed by atoms with Crippen molar-refractivity contribution >= 4 is 32.3 Å². The van der Waals surface area contributed by atoms with Crippen molar-refractivity contribution in [2.45, 2.75) is 5.60 Å². The molecule has 0 radical (unpaired) electrons. The maximum absolute atomic E-state index is 13.2. The minimum atomic E-state index is -1.51. The largest absolute Gasteiger partial charge is 0.497 e. The Morgan fingerprint density at radius 3 is 1.65 bits per heavy atom. The van der Waals surface area contributed by atoms with Crippen LogP contribution >= 0.6 is 0 Å². The number of hydrogen-bond acceptors (Lipinski definition) is 4. The first-order chi connectivity index (χ1) is 18.1. The Morgan fingerprint density at radius 1 is 0.568 bits per heavy atom. The van der Waals surface area contributed by atoms with Gasteiger partial charge in [0.2, 0.25) is 0 Å². The molecule has 7 rings (SSSR count). The van der Waals surface area contributed by atoms with Gasteiger partial charge in [0.05, 0.1) is 14.2 Å². The number of rotatable bonds is 3. The van der Waals surface area contributed by atoms with Gasteiger partial charge in [-0.1, -0.05) is 60.7 Å². The Morgan fingerprint density at radius 2 is 1.08 bits per heavy atom. The van der Waals surface area contributed by atoms with Crippen LogP contribution in [0.2, 0.25) is 0 Å². The van der Waals surface area contributed by atoms with Gasteiger partial charge in [0.1, 0.15) is 28.6 Å². The van der Waals surface area contributed by atoms with Crippen LogP contribution in [-0.2, 0) is 5.60 Å². The summed E-state index contributed by atoms with van der Waals surface area (Å²) in [5.74, 6) is 2.66. The second-order valence-corrected chi connectivity index (χ2v) is 9.43. The summed E-state index contributed by atoms with van der Waals surface area (Å²) in [6, 6.07) is 34.1. The fourth-order valence-corrected chi connectivity index (χ4v) is 5.67. The summed E-state index contributed by atoms with van der Waals surface area (Å²) < 4.78 is 17.7. The molecule has 4 heteroatoms. The van der Waals surface area contributed by atoms with Crippen LogP contribution in [0.25, 0.3) is 32.3 Å². The maximum atomic E-state index is 13.2. The highest BCUT2D eigenvalue weighted by atomic mass is 16.5. The Hall–Kier alpha value is -4.54. The van der Waals surface area contributed by atoms with Gasteiger partial charge in [0, 0.05) is 11.1 Å². The fraction of sp³-hybridized carbons (Fsp3) is 0.0909. The highest BCUT2D eigenvalue weighted by Gasteiger charge is 2.45. The lowest BCUT2D eigenvalue weighted by atomic mass is 9.74. The average molecular weight is 485 g/mol. The molecule has 0 saturated heterocycles. The summed E-state index contributed by atoms with van der Waals surface area (Å²) in [4.78, 5) is 0. The molecule has 1 aliphatic heterocycles. The van der Waals surface area contributed by atoms with Crippen LogP contribution in [0.4, 0.5) is 0 Å². The van der Waals surface area contributed by atoms with E-state index in [1.807, 2.05) is 78.9 Å². The molecule has 0 atom stereocenters. The summed E-state index contributed by atoms with van der Waals surface area (Å²) in [6.45, 7) is 0. The summed E-state index contributed by atoms with van der Waals surface area (Å²) >= 11 is 0. The smallest absolute Gasteiger partial charge is 0.148 e. The standard InChI is InChI=1S/C33H24O4/c1-35-25-13-8-21-10-15-29-31(27(21)18-25)33(34,24-12-7-20-5-3-4-6-23(20)17-24)32-28-19-26(36-2)14-9-22(28)11-16-30(32)37-29/h3-19,34H,1-2H3. The van der Waals surface area contributed by atoms with E-state index in [1.165, 1.54) is 0 Å². The third-order valence-corrected chi connectivity index (χ3v) is 7.49. The first-order valence-electron chi connectivity index (χ1n) is 12.2. The Balaban J connectivity index is 1.65. The molecule has 0 aliphatic carbocycles. The van der Waals surface area contributed by atoms with E-state index in [-0.39, 0.29) is 0 Å². The molecule has 1 heterocycles. The molecule has 6 aromatic carbocycles. The van der Waals surface area contributed by atoms with Gasteiger partial charge in [-0.05, 0) is 80.3 Å². The minimum absolute atomic E-state index is 0.617. The quantitative estimate of drug-likeness (QED) is 0.282. The highest BCUT2D eigenvalue weighted by Crippen LogP contribution is 2.55. The van der Waals surface area contributed by atoms with E-state index in [2.05, 4.69) is 24.3 Å². The van der Waals surface area contributed by atoms with Gasteiger partial charge in [-0.15, -0.1) is 0 Å². The lowest BCUT2D eigenvalue weighted by Gasteiger charge is -2.38. The second kappa shape index (κ2) is 7.99. The summed E-state index contributed by atoms with van der Waals surface area (Å²) in [6.07, 6.45) is 0. The summed E-state index contributed by atoms with van der Waals surface area (Å²) in [7, 11) is 3.30. The Labute approximate surface area is 214 Å². The van der Waals surface area contributed by atoms with Crippen molar-refractivity contribution in [3.63, 3.8) is 0 Å². The number of fused-ring (bicyclic) bond motifs is 7. The third-order valence-electron chi connectivity index (χ3n) is 7.49. The molecule has 0 fully saturated rings. The zero-order chi connectivity index (χ0) is 25.1. The molecule has 0 spiro atoms. The zero-order valence-corrected chi connectivity index (χ0v) is 20.5. The van der Waals surface area contributed by atoms with Crippen LogP contribution in [0, 0.1) is 0 Å². The van der Waals surface area contributed by atoms with Crippen molar-refractivity contribution in [1.29, 1.82) is 0 Å².